The van der Waals surface area contributed by atoms with Crippen LogP contribution in [0.1, 0.15) is 17.3 Å². The predicted octanol–water partition coefficient (Wildman–Crippen LogP) is 7.28. The highest BCUT2D eigenvalue weighted by atomic mass is 79.9. The highest BCUT2D eigenvalue weighted by Crippen LogP contribution is 2.40. The van der Waals surface area contributed by atoms with Gasteiger partial charge in [-0.1, -0.05) is 46.3 Å². The van der Waals surface area contributed by atoms with Gasteiger partial charge in [-0.2, -0.15) is 0 Å². The van der Waals surface area contributed by atoms with E-state index in [2.05, 4.69) is 26.2 Å². The van der Waals surface area contributed by atoms with Crippen LogP contribution >= 0.6 is 15.9 Å². The van der Waals surface area contributed by atoms with Crippen LogP contribution in [0.25, 0.3) is 33.1 Å². The van der Waals surface area contributed by atoms with Gasteiger partial charge in [0.05, 0.1) is 29.4 Å². The van der Waals surface area contributed by atoms with Gasteiger partial charge >= 0.3 is 0 Å². The van der Waals surface area contributed by atoms with Crippen molar-refractivity contribution in [3.63, 3.8) is 0 Å². The van der Waals surface area contributed by atoms with Gasteiger partial charge < -0.3 is 14.4 Å². The molecule has 0 atom stereocenters. The Hall–Kier alpha value is -4.04. The lowest BCUT2D eigenvalue weighted by atomic mass is 10.0. The van der Waals surface area contributed by atoms with Gasteiger partial charge in [0.15, 0.2) is 5.69 Å². The molecular weight excluding hydrogens is 508 g/mol. The van der Waals surface area contributed by atoms with Crippen LogP contribution in [0.5, 0.6) is 11.6 Å². The van der Waals surface area contributed by atoms with Crippen LogP contribution < -0.4 is 4.74 Å². The van der Waals surface area contributed by atoms with Crippen LogP contribution in [0.15, 0.2) is 87.5 Å². The van der Waals surface area contributed by atoms with Crippen molar-refractivity contribution in [3.8, 4) is 22.9 Å². The fourth-order valence-corrected chi connectivity index (χ4v) is 4.38. The number of hydrogen-bond donors (Lipinski definition) is 1. The summed E-state index contributed by atoms with van der Waals surface area (Å²) in [6.45, 7) is 2.45. The number of para-hydroxylation sites is 1. The molecule has 7 nitrogen and oxygen atoms in total. The number of aryl methyl sites for hydroxylation is 1. The Kier molecular flexibility index (Phi) is 6.05. The fourth-order valence-electron chi connectivity index (χ4n) is 4.12. The highest BCUT2D eigenvalue weighted by Gasteiger charge is 2.18. The number of methoxy groups -OCH3 is 1. The molecule has 1 amide bonds. The minimum atomic E-state index is -0.526. The van der Waals surface area contributed by atoms with Crippen molar-refractivity contribution in [3.05, 3.63) is 82.8 Å². The number of benzene rings is 3. The topological polar surface area (TPSA) is 89.1 Å². The maximum Gasteiger partial charge on any atom is 0.296 e. The number of carbonyl (C=O) groups excluding carboxylic acids is 1. The molecule has 5 aromatic rings. The normalized spacial score (nSPS) is 11.5. The maximum absolute atomic E-state index is 13.3. The van der Waals surface area contributed by atoms with E-state index in [1.54, 1.807) is 23.8 Å². The fraction of sp³-hybridized carbons (Fsp3) is 0.111. The number of nitrogens with zero attached hydrogens (tertiary/aromatic N) is 4. The standard InChI is InChI=1S/C27H21BrN4O3/c1-3-32-24-13-12-18(35-2)14-21(24)25(27(32)34)30-31-26(33)20-15-23(16-8-10-17(28)11-9-16)29-22-7-5-4-6-19(20)22/h4-15,34H,3H2,1-2H3. The molecule has 8 heteroatoms. The summed E-state index contributed by atoms with van der Waals surface area (Å²) >= 11 is 3.45. The maximum atomic E-state index is 13.3. The molecule has 5 rings (SSSR count). The zero-order valence-corrected chi connectivity index (χ0v) is 20.7. The van der Waals surface area contributed by atoms with Gasteiger partial charge in [0.1, 0.15) is 5.75 Å². The minimum absolute atomic E-state index is 0.0533. The second-order valence-corrected chi connectivity index (χ2v) is 8.80. The van der Waals surface area contributed by atoms with Gasteiger partial charge in [0.25, 0.3) is 5.91 Å². The zero-order chi connectivity index (χ0) is 24.5. The molecule has 0 aliphatic heterocycles. The van der Waals surface area contributed by atoms with E-state index in [1.807, 2.05) is 67.6 Å². The molecule has 2 heterocycles. The van der Waals surface area contributed by atoms with Gasteiger partial charge in [-0.05, 0) is 49.4 Å². The number of fused-ring (bicyclic) bond motifs is 2. The number of amides is 1. The quantitative estimate of drug-likeness (QED) is 0.243. The first kappa shape index (κ1) is 22.7. The SMILES string of the molecule is CCn1c(O)c(N=NC(=O)c2cc(-c3ccc(Br)cc3)nc3ccccc23)c2cc(OC)ccc21. The molecule has 0 unspecified atom stereocenters. The first-order valence-electron chi connectivity index (χ1n) is 11.0. The van der Waals surface area contributed by atoms with Crippen molar-refractivity contribution in [2.75, 3.05) is 7.11 Å². The molecule has 0 aliphatic rings. The summed E-state index contributed by atoms with van der Waals surface area (Å²) in [4.78, 5) is 18.0. The molecule has 2 aromatic heterocycles. The van der Waals surface area contributed by atoms with Crippen molar-refractivity contribution in [2.45, 2.75) is 13.5 Å². The molecule has 0 aliphatic carbocycles. The molecule has 35 heavy (non-hydrogen) atoms. The van der Waals surface area contributed by atoms with E-state index in [0.717, 1.165) is 15.6 Å². The number of pyridine rings is 1. The monoisotopic (exact) mass is 528 g/mol. The zero-order valence-electron chi connectivity index (χ0n) is 19.1. The number of carbonyl (C=O) groups is 1. The van der Waals surface area contributed by atoms with Crippen LogP contribution in [0.2, 0.25) is 0 Å². The average Bonchev–Trinajstić information content (AvgIpc) is 3.16. The van der Waals surface area contributed by atoms with Crippen molar-refractivity contribution in [2.24, 2.45) is 10.2 Å². The second kappa shape index (κ2) is 9.31. The molecule has 0 saturated carbocycles. The molecule has 0 fully saturated rings. The average molecular weight is 529 g/mol. The summed E-state index contributed by atoms with van der Waals surface area (Å²) in [5.41, 5.74) is 3.60. The van der Waals surface area contributed by atoms with Gasteiger partial charge in [-0.15, -0.1) is 10.2 Å². The number of ether oxygens (including phenoxy) is 1. The number of aromatic nitrogens is 2. The first-order chi connectivity index (χ1) is 17.0. The first-order valence-corrected chi connectivity index (χ1v) is 11.8. The Morgan fingerprint density at radius 3 is 2.57 bits per heavy atom. The highest BCUT2D eigenvalue weighted by molar-refractivity contribution is 9.10. The van der Waals surface area contributed by atoms with E-state index in [4.69, 9.17) is 9.72 Å². The number of rotatable bonds is 5. The summed E-state index contributed by atoms with van der Waals surface area (Å²) in [5.74, 6) is 0.0388. The van der Waals surface area contributed by atoms with Gasteiger partial charge in [0, 0.05) is 27.4 Å². The van der Waals surface area contributed by atoms with Crippen molar-refractivity contribution < 1.29 is 14.6 Å². The second-order valence-electron chi connectivity index (χ2n) is 7.88. The summed E-state index contributed by atoms with van der Waals surface area (Å²) in [5, 5.41) is 20.3. The third-order valence-electron chi connectivity index (χ3n) is 5.86. The summed E-state index contributed by atoms with van der Waals surface area (Å²) in [6.07, 6.45) is 0. The molecule has 0 spiro atoms. The van der Waals surface area contributed by atoms with E-state index in [-0.39, 0.29) is 11.6 Å². The van der Waals surface area contributed by atoms with Gasteiger partial charge in [0.2, 0.25) is 5.88 Å². The largest absolute Gasteiger partial charge is 0.497 e. The van der Waals surface area contributed by atoms with Crippen LogP contribution in [0.4, 0.5) is 5.69 Å². The third-order valence-corrected chi connectivity index (χ3v) is 6.39. The number of azo groups is 1. The Labute approximate surface area is 209 Å². The molecule has 0 saturated heterocycles. The van der Waals surface area contributed by atoms with Crippen molar-refractivity contribution in [1.29, 1.82) is 0 Å². The van der Waals surface area contributed by atoms with E-state index >= 15 is 0 Å². The molecule has 3 aromatic carbocycles. The number of halogens is 1. The lowest BCUT2D eigenvalue weighted by Crippen LogP contribution is -1.99. The van der Waals surface area contributed by atoms with Gasteiger partial charge in [-0.25, -0.2) is 4.98 Å². The number of aromatic hydroxyl groups is 1. The lowest BCUT2D eigenvalue weighted by Gasteiger charge is -2.07. The van der Waals surface area contributed by atoms with Crippen LogP contribution in [0, 0.1) is 0 Å². The number of hydrogen-bond acceptors (Lipinski definition) is 5. The van der Waals surface area contributed by atoms with Crippen LogP contribution in [-0.2, 0) is 6.54 Å². The van der Waals surface area contributed by atoms with Gasteiger partial charge in [-0.3, -0.25) is 4.79 Å². The van der Waals surface area contributed by atoms with Crippen LogP contribution in [0.3, 0.4) is 0 Å². The van der Waals surface area contributed by atoms with E-state index in [9.17, 15) is 9.90 Å². The molecule has 1 N–H and O–H groups in total. The Balaban J connectivity index is 1.61. The summed E-state index contributed by atoms with van der Waals surface area (Å²) < 4.78 is 7.99. The Morgan fingerprint density at radius 2 is 1.83 bits per heavy atom. The molecule has 0 bridgehead atoms. The minimum Gasteiger partial charge on any atom is -0.497 e. The Bertz CT molecular complexity index is 1610. The lowest BCUT2D eigenvalue weighted by molar-refractivity contribution is 0.0996. The summed E-state index contributed by atoms with van der Waals surface area (Å²) in [7, 11) is 1.57. The van der Waals surface area contributed by atoms with Crippen molar-refractivity contribution in [1.82, 2.24) is 9.55 Å². The van der Waals surface area contributed by atoms with E-state index in [0.29, 0.717) is 39.8 Å². The Morgan fingerprint density at radius 1 is 1.06 bits per heavy atom. The molecule has 0 radical (unpaired) electrons. The van der Waals surface area contributed by atoms with Crippen LogP contribution in [-0.4, -0.2) is 27.7 Å². The van der Waals surface area contributed by atoms with E-state index < -0.39 is 5.91 Å². The molecular formula is C27H21BrN4O3. The molecule has 174 valence electrons. The summed E-state index contributed by atoms with van der Waals surface area (Å²) in [6, 6.07) is 22.3. The third kappa shape index (κ3) is 4.17. The smallest absolute Gasteiger partial charge is 0.296 e. The van der Waals surface area contributed by atoms with Crippen molar-refractivity contribution >= 4 is 49.3 Å². The van der Waals surface area contributed by atoms with E-state index in [1.165, 1.54) is 0 Å². The predicted molar refractivity (Wildman–Crippen MR) is 140 cm³/mol.